The number of para-hydroxylation sites is 1. The van der Waals surface area contributed by atoms with Crippen molar-refractivity contribution in [3.05, 3.63) is 88.9 Å². The van der Waals surface area contributed by atoms with Crippen LogP contribution in [0.5, 0.6) is 17.2 Å². The maximum absolute atomic E-state index is 13.1. The van der Waals surface area contributed by atoms with E-state index in [2.05, 4.69) is 0 Å². The summed E-state index contributed by atoms with van der Waals surface area (Å²) in [6.45, 7) is 0.228. The fraction of sp³-hybridized carbons (Fsp3) is 0.182. The monoisotopic (exact) mass is 447 g/mol. The summed E-state index contributed by atoms with van der Waals surface area (Å²) in [4.78, 5) is 0. The molecule has 0 amide bonds. The second kappa shape index (κ2) is 9.84. The number of benzene rings is 3. The van der Waals surface area contributed by atoms with Crippen molar-refractivity contribution < 1.29 is 22.1 Å². The lowest BCUT2D eigenvalue weighted by atomic mass is 10.2. The molecule has 30 heavy (non-hydrogen) atoms. The molecule has 0 fully saturated rings. The van der Waals surface area contributed by atoms with Gasteiger partial charge in [-0.25, -0.2) is 0 Å². The lowest BCUT2D eigenvalue weighted by molar-refractivity contribution is 0.345. The summed E-state index contributed by atoms with van der Waals surface area (Å²) in [5.74, 6) is 1.46. The fourth-order valence-corrected chi connectivity index (χ4v) is 4.07. The second-order valence-corrected chi connectivity index (χ2v) is 8.38. The minimum absolute atomic E-state index is 0.0774. The minimum Gasteiger partial charge on any atom is -0.497 e. The van der Waals surface area contributed by atoms with Crippen LogP contribution in [-0.2, 0) is 23.4 Å². The predicted octanol–water partition coefficient (Wildman–Crippen LogP) is 4.68. The van der Waals surface area contributed by atoms with Crippen LogP contribution in [0.15, 0.2) is 72.8 Å². The highest BCUT2D eigenvalue weighted by atomic mass is 35.5. The van der Waals surface area contributed by atoms with Crippen molar-refractivity contribution in [2.75, 3.05) is 14.2 Å². The Bertz CT molecular complexity index is 1020. The molecule has 0 N–H and O–H groups in total. The Morgan fingerprint density at radius 2 is 1.23 bits per heavy atom. The number of hydrogen-bond donors (Lipinski definition) is 0. The summed E-state index contributed by atoms with van der Waals surface area (Å²) in [6, 6.07) is 20.8. The van der Waals surface area contributed by atoms with Gasteiger partial charge in [-0.15, -0.1) is 0 Å². The smallest absolute Gasteiger partial charge is 0.385 e. The molecule has 0 saturated carbocycles. The summed E-state index contributed by atoms with van der Waals surface area (Å²) in [5, 5.41) is 0.218. The van der Waals surface area contributed by atoms with E-state index in [4.69, 9.17) is 25.3 Å². The summed E-state index contributed by atoms with van der Waals surface area (Å²) >= 11 is 6.09. The molecule has 0 unspecified atom stereocenters. The number of nitrogens with zero attached hydrogens (tertiary/aromatic N) is 1. The van der Waals surface area contributed by atoms with Gasteiger partial charge in [0.05, 0.1) is 19.2 Å². The van der Waals surface area contributed by atoms with Gasteiger partial charge in [0.1, 0.15) is 11.5 Å². The molecule has 0 aromatic heterocycles. The van der Waals surface area contributed by atoms with E-state index in [0.717, 1.165) is 11.1 Å². The van der Waals surface area contributed by atoms with E-state index in [9.17, 15) is 8.42 Å². The SMILES string of the molecule is COc1ccc(CN(Cc2ccc(OC)cc2)S(=O)(=O)Oc2ccccc2Cl)cc1. The Balaban J connectivity index is 1.88. The maximum Gasteiger partial charge on any atom is 0.385 e. The Morgan fingerprint density at radius 1 is 0.767 bits per heavy atom. The molecule has 3 aromatic rings. The zero-order chi connectivity index (χ0) is 21.6. The molecule has 158 valence electrons. The average molecular weight is 448 g/mol. The maximum atomic E-state index is 13.1. The van der Waals surface area contributed by atoms with Crippen LogP contribution in [-0.4, -0.2) is 26.9 Å². The van der Waals surface area contributed by atoms with Crippen molar-refractivity contribution in [3.8, 4) is 17.2 Å². The Morgan fingerprint density at radius 3 is 1.67 bits per heavy atom. The third-order valence-corrected chi connectivity index (χ3v) is 5.98. The van der Waals surface area contributed by atoms with Crippen molar-refractivity contribution in [1.82, 2.24) is 4.31 Å². The molecule has 0 atom stereocenters. The second-order valence-electron chi connectivity index (χ2n) is 6.44. The molecular weight excluding hydrogens is 426 g/mol. The van der Waals surface area contributed by atoms with Gasteiger partial charge in [0.2, 0.25) is 0 Å². The molecular formula is C22H22ClNO5S. The van der Waals surface area contributed by atoms with Crippen LogP contribution in [0.3, 0.4) is 0 Å². The molecule has 0 bridgehead atoms. The molecule has 3 aromatic carbocycles. The Hall–Kier alpha value is -2.74. The molecule has 0 spiro atoms. The molecule has 0 saturated heterocycles. The van der Waals surface area contributed by atoms with Gasteiger partial charge in [-0.05, 0) is 47.5 Å². The first kappa shape index (κ1) is 22.0. The van der Waals surface area contributed by atoms with Gasteiger partial charge in [-0.2, -0.15) is 12.7 Å². The van der Waals surface area contributed by atoms with Crippen molar-refractivity contribution >= 4 is 21.9 Å². The first-order valence-electron chi connectivity index (χ1n) is 9.11. The quantitative estimate of drug-likeness (QED) is 0.476. The molecule has 6 nitrogen and oxygen atoms in total. The predicted molar refractivity (Wildman–Crippen MR) is 116 cm³/mol. The molecule has 0 heterocycles. The molecule has 0 aliphatic carbocycles. The van der Waals surface area contributed by atoms with Crippen LogP contribution in [0, 0.1) is 0 Å². The van der Waals surface area contributed by atoms with E-state index in [1.165, 1.54) is 10.4 Å². The molecule has 0 aliphatic rings. The highest BCUT2D eigenvalue weighted by Gasteiger charge is 2.26. The van der Waals surface area contributed by atoms with Crippen molar-refractivity contribution in [1.29, 1.82) is 0 Å². The normalized spacial score (nSPS) is 11.3. The fourth-order valence-electron chi connectivity index (χ4n) is 2.76. The lowest BCUT2D eigenvalue weighted by Gasteiger charge is -2.22. The summed E-state index contributed by atoms with van der Waals surface area (Å²) in [5.41, 5.74) is 1.58. The summed E-state index contributed by atoms with van der Waals surface area (Å²) in [7, 11) is -0.987. The van der Waals surface area contributed by atoms with Gasteiger partial charge < -0.3 is 13.7 Å². The van der Waals surface area contributed by atoms with Crippen LogP contribution in [0.4, 0.5) is 0 Å². The molecule has 0 aliphatic heterocycles. The van der Waals surface area contributed by atoms with Crippen LogP contribution in [0.25, 0.3) is 0 Å². The van der Waals surface area contributed by atoms with E-state index in [-0.39, 0.29) is 23.9 Å². The van der Waals surface area contributed by atoms with Crippen molar-refractivity contribution in [3.63, 3.8) is 0 Å². The lowest BCUT2D eigenvalue weighted by Crippen LogP contribution is -2.33. The first-order chi connectivity index (χ1) is 14.4. The minimum atomic E-state index is -4.14. The van der Waals surface area contributed by atoms with Gasteiger partial charge >= 0.3 is 10.3 Å². The Kier molecular flexibility index (Phi) is 7.20. The van der Waals surface area contributed by atoms with Crippen molar-refractivity contribution in [2.45, 2.75) is 13.1 Å². The topological polar surface area (TPSA) is 65.1 Å². The highest BCUT2D eigenvalue weighted by Crippen LogP contribution is 2.27. The number of methoxy groups -OCH3 is 2. The van der Waals surface area contributed by atoms with E-state index < -0.39 is 10.3 Å². The van der Waals surface area contributed by atoms with Gasteiger partial charge in [0.15, 0.2) is 5.75 Å². The number of rotatable bonds is 9. The molecule has 0 radical (unpaired) electrons. The average Bonchev–Trinajstić information content (AvgIpc) is 2.76. The van der Waals surface area contributed by atoms with E-state index in [0.29, 0.717) is 11.5 Å². The largest absolute Gasteiger partial charge is 0.497 e. The van der Waals surface area contributed by atoms with Gasteiger partial charge in [-0.1, -0.05) is 48.0 Å². The molecule has 8 heteroatoms. The highest BCUT2D eigenvalue weighted by molar-refractivity contribution is 7.84. The zero-order valence-electron chi connectivity index (χ0n) is 16.6. The number of hydrogen-bond acceptors (Lipinski definition) is 5. The third-order valence-electron chi connectivity index (χ3n) is 4.38. The van der Waals surface area contributed by atoms with E-state index in [1.807, 2.05) is 24.3 Å². The van der Waals surface area contributed by atoms with Crippen LogP contribution >= 0.6 is 11.6 Å². The van der Waals surface area contributed by atoms with Crippen molar-refractivity contribution in [2.24, 2.45) is 0 Å². The zero-order valence-corrected chi connectivity index (χ0v) is 18.2. The van der Waals surface area contributed by atoms with Crippen LogP contribution in [0.2, 0.25) is 5.02 Å². The number of halogens is 1. The summed E-state index contributed by atoms with van der Waals surface area (Å²) < 4.78 is 43.1. The number of ether oxygens (including phenoxy) is 2. The van der Waals surface area contributed by atoms with Gasteiger partial charge in [0.25, 0.3) is 0 Å². The summed E-state index contributed by atoms with van der Waals surface area (Å²) in [6.07, 6.45) is 0. The van der Waals surface area contributed by atoms with Crippen LogP contribution in [0.1, 0.15) is 11.1 Å². The van der Waals surface area contributed by atoms with E-state index in [1.54, 1.807) is 56.7 Å². The van der Waals surface area contributed by atoms with Gasteiger partial charge in [0, 0.05) is 13.1 Å². The molecule has 3 rings (SSSR count). The van der Waals surface area contributed by atoms with Crippen LogP contribution < -0.4 is 13.7 Å². The standard InChI is InChI=1S/C22H22ClNO5S/c1-27-19-11-7-17(8-12-19)15-24(16-18-9-13-20(28-2)14-10-18)30(25,26)29-22-6-4-3-5-21(22)23/h3-14H,15-16H2,1-2H3. The van der Waals surface area contributed by atoms with E-state index >= 15 is 0 Å². The Labute approximate surface area is 181 Å². The first-order valence-corrected chi connectivity index (χ1v) is 10.9. The van der Waals surface area contributed by atoms with Gasteiger partial charge in [-0.3, -0.25) is 0 Å². The third kappa shape index (κ3) is 5.66.